The van der Waals surface area contributed by atoms with Crippen LogP contribution in [0.25, 0.3) is 0 Å². The molecule has 0 aliphatic carbocycles. The number of aryl methyl sites for hydroxylation is 1. The smallest absolute Gasteiger partial charge is 0.212 e. The lowest BCUT2D eigenvalue weighted by Gasteiger charge is -2.33. The van der Waals surface area contributed by atoms with Crippen molar-refractivity contribution in [1.82, 2.24) is 0 Å². The number of halogens is 2. The maximum Gasteiger partial charge on any atom is 0.212 e. The van der Waals surface area contributed by atoms with E-state index in [4.69, 9.17) is 31.1 Å². The van der Waals surface area contributed by atoms with E-state index in [1.807, 2.05) is 25.1 Å². The molecule has 0 N–H and O–H groups in total. The van der Waals surface area contributed by atoms with E-state index in [1.54, 1.807) is 14.2 Å². The van der Waals surface area contributed by atoms with Crippen LogP contribution in [0.2, 0.25) is 5.02 Å². The van der Waals surface area contributed by atoms with Gasteiger partial charge in [-0.2, -0.15) is 0 Å². The molecule has 0 saturated heterocycles. The fourth-order valence-corrected chi connectivity index (χ4v) is 3.58. The quantitative estimate of drug-likeness (QED) is 0.700. The van der Waals surface area contributed by atoms with E-state index in [0.29, 0.717) is 17.7 Å². The summed E-state index contributed by atoms with van der Waals surface area (Å²) in [5, 5.41) is 0.746. The highest BCUT2D eigenvalue weighted by atomic mass is 79.9. The summed E-state index contributed by atoms with van der Waals surface area (Å²) in [4.78, 5) is 9.59. The molecule has 0 fully saturated rings. The van der Waals surface area contributed by atoms with Gasteiger partial charge in [-0.25, -0.2) is 9.98 Å². The summed E-state index contributed by atoms with van der Waals surface area (Å²) in [6.45, 7) is 6.22. The van der Waals surface area contributed by atoms with E-state index in [0.717, 1.165) is 27.9 Å². The molecule has 1 aromatic rings. The van der Waals surface area contributed by atoms with E-state index in [9.17, 15) is 0 Å². The fraction of sp³-hybridized carbons (Fsp3) is 0.556. The van der Waals surface area contributed by atoms with Crippen LogP contribution in [0, 0.1) is 5.92 Å². The van der Waals surface area contributed by atoms with Gasteiger partial charge in [-0.15, -0.1) is 0 Å². The van der Waals surface area contributed by atoms with Crippen LogP contribution in [0.4, 0.5) is 0 Å². The van der Waals surface area contributed by atoms with Crippen LogP contribution >= 0.6 is 27.5 Å². The summed E-state index contributed by atoms with van der Waals surface area (Å²) in [6, 6.07) is 5.83. The van der Waals surface area contributed by atoms with Crippen molar-refractivity contribution in [2.75, 3.05) is 14.2 Å². The number of nitrogens with zero attached hydrogens (tertiary/aromatic N) is 2. The number of hydrogen-bond acceptors (Lipinski definition) is 4. The molecule has 0 amide bonds. The highest BCUT2D eigenvalue weighted by Crippen LogP contribution is 2.30. The number of rotatable bonds is 4. The van der Waals surface area contributed by atoms with E-state index in [1.165, 1.54) is 0 Å². The Hall–Kier alpha value is -1.07. The molecule has 1 aliphatic rings. The zero-order valence-corrected chi connectivity index (χ0v) is 17.1. The maximum atomic E-state index is 6.33. The molecule has 2 atom stereocenters. The second-order valence-electron chi connectivity index (χ2n) is 6.49. The van der Waals surface area contributed by atoms with Crippen LogP contribution in [0.3, 0.4) is 0 Å². The molecule has 1 aliphatic heterocycles. The lowest BCUT2D eigenvalue weighted by Crippen LogP contribution is -2.45. The molecule has 0 spiro atoms. The second kappa shape index (κ2) is 7.87. The van der Waals surface area contributed by atoms with Crippen LogP contribution in [-0.2, 0) is 15.9 Å². The van der Waals surface area contributed by atoms with Gasteiger partial charge in [0.2, 0.25) is 11.8 Å². The average Bonchev–Trinajstić information content (AvgIpc) is 2.53. The molecule has 4 nitrogen and oxygen atoms in total. The summed E-state index contributed by atoms with van der Waals surface area (Å²) >= 11 is 9.76. The molecule has 0 unspecified atom stereocenters. The lowest BCUT2D eigenvalue weighted by molar-refractivity contribution is 0.305. The molecule has 0 bridgehead atoms. The minimum atomic E-state index is -0.554. The highest BCUT2D eigenvalue weighted by molar-refractivity contribution is 9.10. The molecule has 0 aromatic heterocycles. The van der Waals surface area contributed by atoms with Gasteiger partial charge in [0.05, 0.1) is 14.2 Å². The zero-order chi connectivity index (χ0) is 17.9. The van der Waals surface area contributed by atoms with Gasteiger partial charge >= 0.3 is 0 Å². The Kier molecular flexibility index (Phi) is 6.32. The minimum Gasteiger partial charge on any atom is -0.483 e. The Balaban J connectivity index is 2.26. The van der Waals surface area contributed by atoms with Crippen molar-refractivity contribution in [3.63, 3.8) is 0 Å². The van der Waals surface area contributed by atoms with Crippen LogP contribution in [0.1, 0.15) is 32.8 Å². The van der Waals surface area contributed by atoms with Gasteiger partial charge in [0.25, 0.3) is 0 Å². The summed E-state index contributed by atoms with van der Waals surface area (Å²) in [7, 11) is 3.29. The van der Waals surface area contributed by atoms with Gasteiger partial charge in [-0.1, -0.05) is 47.4 Å². The standard InChI is InChI=1S/C18H24BrClN2O2/c1-11(2)15-16(23-4)22-18(3,17(21-15)24-5)9-8-12-6-7-13(19)10-14(12)20/h6-7,10-11,15H,8-9H2,1-5H3/t15-,18+/m1/s1. The zero-order valence-electron chi connectivity index (χ0n) is 14.8. The first-order valence-electron chi connectivity index (χ1n) is 8.00. The molecule has 1 heterocycles. The topological polar surface area (TPSA) is 43.2 Å². The molecule has 1 aromatic carbocycles. The average molecular weight is 416 g/mol. The predicted molar refractivity (Wildman–Crippen MR) is 103 cm³/mol. The van der Waals surface area contributed by atoms with Crippen molar-refractivity contribution in [2.45, 2.75) is 45.2 Å². The number of methoxy groups -OCH3 is 2. The third kappa shape index (κ3) is 4.12. The largest absolute Gasteiger partial charge is 0.483 e. The summed E-state index contributed by atoms with van der Waals surface area (Å²) in [5.41, 5.74) is 0.527. The van der Waals surface area contributed by atoms with E-state index in [-0.39, 0.29) is 6.04 Å². The Morgan fingerprint density at radius 2 is 2.00 bits per heavy atom. The Morgan fingerprint density at radius 1 is 1.29 bits per heavy atom. The van der Waals surface area contributed by atoms with Crippen LogP contribution < -0.4 is 0 Å². The van der Waals surface area contributed by atoms with Gasteiger partial charge in [0.15, 0.2) is 0 Å². The van der Waals surface area contributed by atoms with Gasteiger partial charge in [-0.05, 0) is 43.4 Å². The second-order valence-corrected chi connectivity index (χ2v) is 7.81. The summed E-state index contributed by atoms with van der Waals surface area (Å²) in [6.07, 6.45) is 1.51. The molecule has 24 heavy (non-hydrogen) atoms. The van der Waals surface area contributed by atoms with E-state index in [2.05, 4.69) is 29.8 Å². The third-order valence-electron chi connectivity index (χ3n) is 4.26. The van der Waals surface area contributed by atoms with Crippen LogP contribution in [-0.4, -0.2) is 37.6 Å². The first kappa shape index (κ1) is 19.3. The van der Waals surface area contributed by atoms with Crippen molar-refractivity contribution in [3.8, 4) is 0 Å². The molecule has 0 saturated carbocycles. The van der Waals surface area contributed by atoms with Crippen LogP contribution in [0.15, 0.2) is 32.7 Å². The molecule has 6 heteroatoms. The van der Waals surface area contributed by atoms with Crippen molar-refractivity contribution in [1.29, 1.82) is 0 Å². The Bertz CT molecular complexity index is 660. The maximum absolute atomic E-state index is 6.33. The lowest BCUT2D eigenvalue weighted by atomic mass is 9.90. The van der Waals surface area contributed by atoms with E-state index >= 15 is 0 Å². The fourth-order valence-electron chi connectivity index (χ4n) is 2.82. The number of aliphatic imine (C=N–C) groups is 2. The number of ether oxygens (including phenoxy) is 2. The molecule has 0 radical (unpaired) electrons. The molecular weight excluding hydrogens is 392 g/mol. The normalized spacial score (nSPS) is 23.8. The highest BCUT2D eigenvalue weighted by Gasteiger charge is 2.39. The Morgan fingerprint density at radius 3 is 2.54 bits per heavy atom. The van der Waals surface area contributed by atoms with Crippen molar-refractivity contribution < 1.29 is 9.47 Å². The SMILES string of the molecule is COC1=N[C@@](C)(CCc2ccc(Br)cc2Cl)C(OC)=N[C@@H]1C(C)C. The predicted octanol–water partition coefficient (Wildman–Crippen LogP) is 4.92. The molecule has 132 valence electrons. The van der Waals surface area contributed by atoms with Gasteiger partial charge < -0.3 is 9.47 Å². The van der Waals surface area contributed by atoms with Gasteiger partial charge in [0.1, 0.15) is 11.6 Å². The number of hydrogen-bond donors (Lipinski definition) is 0. The summed E-state index contributed by atoms with van der Waals surface area (Å²) < 4.78 is 12.0. The van der Waals surface area contributed by atoms with Crippen molar-refractivity contribution in [2.24, 2.45) is 15.9 Å². The summed E-state index contributed by atoms with van der Waals surface area (Å²) in [5.74, 6) is 1.60. The van der Waals surface area contributed by atoms with E-state index < -0.39 is 5.54 Å². The van der Waals surface area contributed by atoms with Crippen molar-refractivity contribution in [3.05, 3.63) is 33.3 Å². The Labute approximate surface area is 157 Å². The van der Waals surface area contributed by atoms with Crippen LogP contribution in [0.5, 0.6) is 0 Å². The molecule has 2 rings (SSSR count). The van der Waals surface area contributed by atoms with Gasteiger partial charge in [-0.3, -0.25) is 0 Å². The monoisotopic (exact) mass is 414 g/mol. The molecular formula is C18H24BrClN2O2. The van der Waals surface area contributed by atoms with Crippen molar-refractivity contribution >= 4 is 39.3 Å². The third-order valence-corrected chi connectivity index (χ3v) is 5.10. The first-order valence-corrected chi connectivity index (χ1v) is 9.17. The minimum absolute atomic E-state index is 0.103. The first-order chi connectivity index (χ1) is 11.3. The van der Waals surface area contributed by atoms with Gasteiger partial charge in [0, 0.05) is 9.50 Å². The number of benzene rings is 1.